The van der Waals surface area contributed by atoms with E-state index in [0.29, 0.717) is 0 Å². The molecule has 1 aliphatic rings. The predicted octanol–water partition coefficient (Wildman–Crippen LogP) is 2.75. The standard InChI is InChI=1S/C14H16BrNO/c1-4-14(2,3)16-9-12-8-10-7-11(15)5-6-13(10)17-12/h1,5-7,12,16H,8-9H2,2-3H3. The molecule has 0 fully saturated rings. The first-order chi connectivity index (χ1) is 8.00. The third-order valence-electron chi connectivity index (χ3n) is 2.90. The summed E-state index contributed by atoms with van der Waals surface area (Å²) in [6.07, 6.45) is 6.54. The number of hydrogen-bond donors (Lipinski definition) is 1. The minimum atomic E-state index is -0.279. The minimum absolute atomic E-state index is 0.173. The summed E-state index contributed by atoms with van der Waals surface area (Å²) in [5.74, 6) is 3.71. The Morgan fingerprint density at radius 2 is 2.35 bits per heavy atom. The molecule has 0 aromatic heterocycles. The lowest BCUT2D eigenvalue weighted by Gasteiger charge is -2.22. The molecule has 1 aromatic carbocycles. The minimum Gasteiger partial charge on any atom is -0.488 e. The average Bonchev–Trinajstić information content (AvgIpc) is 2.68. The van der Waals surface area contributed by atoms with E-state index in [1.165, 1.54) is 5.56 Å². The lowest BCUT2D eigenvalue weighted by atomic mass is 10.1. The normalized spacial score (nSPS) is 18.4. The Hall–Kier alpha value is -0.980. The van der Waals surface area contributed by atoms with Crippen molar-refractivity contribution >= 4 is 15.9 Å². The highest BCUT2D eigenvalue weighted by molar-refractivity contribution is 9.10. The average molecular weight is 294 g/mol. The van der Waals surface area contributed by atoms with E-state index >= 15 is 0 Å². The molecule has 0 spiro atoms. The van der Waals surface area contributed by atoms with E-state index in [0.717, 1.165) is 23.2 Å². The fourth-order valence-corrected chi connectivity index (χ4v) is 2.23. The van der Waals surface area contributed by atoms with Gasteiger partial charge in [0.05, 0.1) is 5.54 Å². The molecule has 2 rings (SSSR count). The largest absolute Gasteiger partial charge is 0.488 e. The Balaban J connectivity index is 1.95. The number of benzene rings is 1. The molecule has 3 heteroatoms. The summed E-state index contributed by atoms with van der Waals surface area (Å²) in [5.41, 5.74) is 0.975. The fraction of sp³-hybridized carbons (Fsp3) is 0.429. The van der Waals surface area contributed by atoms with Gasteiger partial charge >= 0.3 is 0 Å². The monoisotopic (exact) mass is 293 g/mol. The SMILES string of the molecule is C#CC(C)(C)NCC1Cc2cc(Br)ccc2O1. The van der Waals surface area contributed by atoms with Gasteiger partial charge in [0.1, 0.15) is 11.9 Å². The zero-order chi connectivity index (χ0) is 12.5. The van der Waals surface area contributed by atoms with Crippen LogP contribution in [0.15, 0.2) is 22.7 Å². The van der Waals surface area contributed by atoms with Gasteiger partial charge in [-0.3, -0.25) is 5.32 Å². The first kappa shape index (κ1) is 12.5. The highest BCUT2D eigenvalue weighted by atomic mass is 79.9. The molecule has 1 aliphatic heterocycles. The zero-order valence-corrected chi connectivity index (χ0v) is 11.7. The summed E-state index contributed by atoms with van der Waals surface area (Å²) in [6, 6.07) is 6.12. The molecule has 0 saturated carbocycles. The molecule has 1 aromatic rings. The first-order valence-corrected chi connectivity index (χ1v) is 6.47. The second-order valence-electron chi connectivity index (χ2n) is 4.85. The number of terminal acetylenes is 1. The Bertz CT molecular complexity index is 462. The molecule has 90 valence electrons. The topological polar surface area (TPSA) is 21.3 Å². The van der Waals surface area contributed by atoms with Gasteiger partial charge in [-0.2, -0.15) is 0 Å². The Morgan fingerprint density at radius 1 is 1.59 bits per heavy atom. The summed E-state index contributed by atoms with van der Waals surface area (Å²) in [6.45, 7) is 4.75. The van der Waals surface area contributed by atoms with Crippen LogP contribution in [0, 0.1) is 12.3 Å². The molecule has 1 atom stereocenters. The molecule has 17 heavy (non-hydrogen) atoms. The van der Waals surface area contributed by atoms with E-state index in [1.54, 1.807) is 0 Å². The van der Waals surface area contributed by atoms with Gasteiger partial charge in [0.2, 0.25) is 0 Å². The number of nitrogens with one attached hydrogen (secondary N) is 1. The Labute approximate surface area is 111 Å². The third-order valence-corrected chi connectivity index (χ3v) is 3.39. The van der Waals surface area contributed by atoms with Crippen molar-refractivity contribution in [3.8, 4) is 18.1 Å². The van der Waals surface area contributed by atoms with Crippen LogP contribution in [-0.4, -0.2) is 18.2 Å². The van der Waals surface area contributed by atoms with Crippen LogP contribution in [0.2, 0.25) is 0 Å². The van der Waals surface area contributed by atoms with Gasteiger partial charge in [0.15, 0.2) is 0 Å². The Morgan fingerprint density at radius 3 is 3.06 bits per heavy atom. The smallest absolute Gasteiger partial charge is 0.123 e. The summed E-state index contributed by atoms with van der Waals surface area (Å²) in [7, 11) is 0. The number of halogens is 1. The number of ether oxygens (including phenoxy) is 1. The van der Waals surface area contributed by atoms with Crippen molar-refractivity contribution in [1.82, 2.24) is 5.32 Å². The molecule has 2 nitrogen and oxygen atoms in total. The third kappa shape index (κ3) is 3.02. The van der Waals surface area contributed by atoms with Gasteiger partial charge in [0, 0.05) is 17.4 Å². The van der Waals surface area contributed by atoms with Crippen LogP contribution < -0.4 is 10.1 Å². The van der Waals surface area contributed by atoms with Gasteiger partial charge in [-0.1, -0.05) is 21.9 Å². The molecule has 1 heterocycles. The predicted molar refractivity (Wildman–Crippen MR) is 73.2 cm³/mol. The molecule has 0 bridgehead atoms. The summed E-state index contributed by atoms with van der Waals surface area (Å²) in [5, 5.41) is 3.33. The van der Waals surface area contributed by atoms with E-state index in [9.17, 15) is 0 Å². The highest BCUT2D eigenvalue weighted by Gasteiger charge is 2.24. The molecule has 0 aliphatic carbocycles. The van der Waals surface area contributed by atoms with Crippen LogP contribution in [0.4, 0.5) is 0 Å². The highest BCUT2D eigenvalue weighted by Crippen LogP contribution is 2.31. The lowest BCUT2D eigenvalue weighted by Crippen LogP contribution is -2.43. The van der Waals surface area contributed by atoms with Crippen molar-refractivity contribution in [3.63, 3.8) is 0 Å². The van der Waals surface area contributed by atoms with Crippen LogP contribution in [0.5, 0.6) is 5.75 Å². The molecule has 1 N–H and O–H groups in total. The van der Waals surface area contributed by atoms with Gasteiger partial charge in [-0.05, 0) is 37.6 Å². The van der Waals surface area contributed by atoms with Crippen molar-refractivity contribution in [3.05, 3.63) is 28.2 Å². The maximum atomic E-state index is 5.85. The first-order valence-electron chi connectivity index (χ1n) is 5.68. The van der Waals surface area contributed by atoms with Gasteiger partial charge < -0.3 is 4.74 Å². The molecule has 0 radical (unpaired) electrons. The fourth-order valence-electron chi connectivity index (χ4n) is 1.82. The van der Waals surface area contributed by atoms with E-state index in [-0.39, 0.29) is 11.6 Å². The van der Waals surface area contributed by atoms with Crippen LogP contribution in [0.1, 0.15) is 19.4 Å². The van der Waals surface area contributed by atoms with E-state index < -0.39 is 0 Å². The molecular formula is C14H16BrNO. The summed E-state index contributed by atoms with van der Waals surface area (Å²) in [4.78, 5) is 0. The zero-order valence-electron chi connectivity index (χ0n) is 10.1. The van der Waals surface area contributed by atoms with Crippen molar-refractivity contribution < 1.29 is 4.74 Å². The maximum absolute atomic E-state index is 5.85. The van der Waals surface area contributed by atoms with Gasteiger partial charge in [0.25, 0.3) is 0 Å². The molecular weight excluding hydrogens is 278 g/mol. The second kappa shape index (κ2) is 4.72. The summed E-state index contributed by atoms with van der Waals surface area (Å²) >= 11 is 3.47. The second-order valence-corrected chi connectivity index (χ2v) is 5.76. The molecule has 0 amide bonds. The summed E-state index contributed by atoms with van der Waals surface area (Å²) < 4.78 is 6.94. The molecule has 0 saturated heterocycles. The van der Waals surface area contributed by atoms with Crippen LogP contribution in [-0.2, 0) is 6.42 Å². The van der Waals surface area contributed by atoms with E-state index in [4.69, 9.17) is 11.2 Å². The number of fused-ring (bicyclic) bond motifs is 1. The van der Waals surface area contributed by atoms with Crippen molar-refractivity contribution in [1.29, 1.82) is 0 Å². The number of rotatable bonds is 3. The van der Waals surface area contributed by atoms with Crippen molar-refractivity contribution in [2.45, 2.75) is 31.9 Å². The Kier molecular flexibility index (Phi) is 3.46. The van der Waals surface area contributed by atoms with Crippen LogP contribution in [0.3, 0.4) is 0 Å². The van der Waals surface area contributed by atoms with Crippen molar-refractivity contribution in [2.75, 3.05) is 6.54 Å². The van der Waals surface area contributed by atoms with E-state index in [2.05, 4.69) is 33.2 Å². The maximum Gasteiger partial charge on any atom is 0.123 e. The molecule has 1 unspecified atom stereocenters. The lowest BCUT2D eigenvalue weighted by molar-refractivity contribution is 0.218. The van der Waals surface area contributed by atoms with Gasteiger partial charge in [-0.15, -0.1) is 6.42 Å². The van der Waals surface area contributed by atoms with E-state index in [1.807, 2.05) is 26.0 Å². The van der Waals surface area contributed by atoms with Crippen LogP contribution in [0.25, 0.3) is 0 Å². The number of hydrogen-bond acceptors (Lipinski definition) is 2. The quantitative estimate of drug-likeness (QED) is 0.866. The van der Waals surface area contributed by atoms with Crippen molar-refractivity contribution in [2.24, 2.45) is 0 Å². The van der Waals surface area contributed by atoms with Gasteiger partial charge in [-0.25, -0.2) is 0 Å². The van der Waals surface area contributed by atoms with Crippen LogP contribution >= 0.6 is 15.9 Å².